The number of amides is 1. The second-order valence-electron chi connectivity index (χ2n) is 3.58. The number of aliphatic carboxylic acids is 1. The third kappa shape index (κ3) is 2.33. The molecule has 1 aromatic rings. The molecule has 0 fully saturated rings. The van der Waals surface area contributed by atoms with Gasteiger partial charge in [0.15, 0.2) is 17.5 Å². The summed E-state index contributed by atoms with van der Waals surface area (Å²) in [4.78, 5) is 21.4. The summed E-state index contributed by atoms with van der Waals surface area (Å²) in [5, 5.41) is 11.5. The highest BCUT2D eigenvalue weighted by Crippen LogP contribution is 2.39. The maximum Gasteiger partial charge on any atom is 0.330 e. The van der Waals surface area contributed by atoms with Crippen LogP contribution in [0, 0.1) is 0 Å². The van der Waals surface area contributed by atoms with Crippen molar-refractivity contribution < 1.29 is 24.2 Å². The Balaban J connectivity index is 2.41. The van der Waals surface area contributed by atoms with Crippen molar-refractivity contribution in [3.05, 3.63) is 22.7 Å². The van der Waals surface area contributed by atoms with Crippen LogP contribution in [-0.4, -0.2) is 30.7 Å². The Morgan fingerprint density at radius 2 is 2.17 bits per heavy atom. The summed E-state index contributed by atoms with van der Waals surface area (Å²) in [5.74, 6) is -0.417. The fourth-order valence-electron chi connectivity index (χ4n) is 1.68. The van der Waals surface area contributed by atoms with Crippen LogP contribution < -0.4 is 14.8 Å². The van der Waals surface area contributed by atoms with Crippen LogP contribution in [0.1, 0.15) is 11.6 Å². The van der Waals surface area contributed by atoms with Gasteiger partial charge in [-0.2, -0.15) is 0 Å². The Hall–Kier alpha value is -1.95. The van der Waals surface area contributed by atoms with Gasteiger partial charge in [0.2, 0.25) is 6.41 Å². The predicted molar refractivity (Wildman–Crippen MR) is 62.0 cm³/mol. The van der Waals surface area contributed by atoms with Gasteiger partial charge in [-0.25, -0.2) is 4.79 Å². The number of hydrogen-bond acceptors (Lipinski definition) is 4. The van der Waals surface area contributed by atoms with E-state index in [2.05, 4.69) is 5.32 Å². The SMILES string of the molecule is O=CNC(C(=O)O)c1cc(Cl)c2c(c1)OCCO2. The first kappa shape index (κ1) is 12.5. The van der Waals surface area contributed by atoms with E-state index in [0.717, 1.165) is 0 Å². The topological polar surface area (TPSA) is 84.9 Å². The van der Waals surface area contributed by atoms with E-state index in [-0.39, 0.29) is 5.02 Å². The quantitative estimate of drug-likeness (QED) is 0.798. The number of rotatable bonds is 4. The lowest BCUT2D eigenvalue weighted by Crippen LogP contribution is -2.27. The molecule has 7 heteroatoms. The van der Waals surface area contributed by atoms with Gasteiger partial charge in [0.25, 0.3) is 0 Å². The van der Waals surface area contributed by atoms with Crippen LogP contribution in [-0.2, 0) is 9.59 Å². The number of nitrogens with one attached hydrogen (secondary N) is 1. The van der Waals surface area contributed by atoms with Crippen LogP contribution in [0.4, 0.5) is 0 Å². The number of halogens is 1. The Bertz CT molecular complexity index is 491. The minimum atomic E-state index is -1.19. The summed E-state index contributed by atoms with van der Waals surface area (Å²) in [5.41, 5.74) is 0.323. The number of carbonyl (C=O) groups is 2. The van der Waals surface area contributed by atoms with Crippen LogP contribution >= 0.6 is 11.6 Å². The molecule has 0 bridgehead atoms. The van der Waals surface area contributed by atoms with E-state index >= 15 is 0 Å². The molecule has 1 atom stereocenters. The molecule has 1 aliphatic rings. The summed E-state index contributed by atoms with van der Waals surface area (Å²) in [6.45, 7) is 0.757. The zero-order valence-electron chi connectivity index (χ0n) is 9.18. The van der Waals surface area contributed by atoms with E-state index in [0.29, 0.717) is 36.7 Å². The lowest BCUT2D eigenvalue weighted by Gasteiger charge is -2.21. The molecular weight excluding hydrogens is 262 g/mol. The van der Waals surface area contributed by atoms with Crippen LogP contribution in [0.3, 0.4) is 0 Å². The van der Waals surface area contributed by atoms with Crippen LogP contribution in [0.25, 0.3) is 0 Å². The molecule has 0 saturated carbocycles. The predicted octanol–water partition coefficient (Wildman–Crippen LogP) is 0.983. The van der Waals surface area contributed by atoms with Crippen LogP contribution in [0.5, 0.6) is 11.5 Å². The Kier molecular flexibility index (Phi) is 3.57. The number of benzene rings is 1. The highest BCUT2D eigenvalue weighted by atomic mass is 35.5. The fourth-order valence-corrected chi connectivity index (χ4v) is 1.95. The van der Waals surface area contributed by atoms with E-state index in [1.54, 1.807) is 0 Å². The van der Waals surface area contributed by atoms with Crippen molar-refractivity contribution in [2.75, 3.05) is 13.2 Å². The van der Waals surface area contributed by atoms with Crippen molar-refractivity contribution in [1.82, 2.24) is 5.32 Å². The van der Waals surface area contributed by atoms with Crippen molar-refractivity contribution in [2.45, 2.75) is 6.04 Å². The number of carbonyl (C=O) groups excluding carboxylic acids is 1. The van der Waals surface area contributed by atoms with Gasteiger partial charge in [0.1, 0.15) is 13.2 Å². The molecule has 1 amide bonds. The van der Waals surface area contributed by atoms with E-state index in [9.17, 15) is 9.59 Å². The number of ether oxygens (including phenoxy) is 2. The first-order chi connectivity index (χ1) is 8.63. The van der Waals surface area contributed by atoms with Crippen LogP contribution in [0.2, 0.25) is 5.02 Å². The lowest BCUT2D eigenvalue weighted by atomic mass is 10.1. The Morgan fingerprint density at radius 3 is 2.83 bits per heavy atom. The van der Waals surface area contributed by atoms with E-state index in [4.69, 9.17) is 26.2 Å². The molecule has 1 aliphatic heterocycles. The summed E-state index contributed by atoms with van der Waals surface area (Å²) in [7, 11) is 0. The second-order valence-corrected chi connectivity index (χ2v) is 3.99. The summed E-state index contributed by atoms with van der Waals surface area (Å²) >= 11 is 5.98. The number of carboxylic acid groups (broad SMARTS) is 1. The normalized spacial score (nSPS) is 14.7. The maximum absolute atomic E-state index is 11.0. The maximum atomic E-state index is 11.0. The number of fused-ring (bicyclic) bond motifs is 1. The van der Waals surface area contributed by atoms with Gasteiger partial charge in [0, 0.05) is 0 Å². The smallest absolute Gasteiger partial charge is 0.330 e. The zero-order chi connectivity index (χ0) is 13.1. The highest BCUT2D eigenvalue weighted by Gasteiger charge is 2.24. The molecule has 0 aromatic heterocycles. The van der Waals surface area contributed by atoms with Crippen LogP contribution in [0.15, 0.2) is 12.1 Å². The van der Waals surface area contributed by atoms with Crippen molar-refractivity contribution in [3.8, 4) is 11.5 Å². The minimum Gasteiger partial charge on any atom is -0.486 e. The van der Waals surface area contributed by atoms with Crippen molar-refractivity contribution in [3.63, 3.8) is 0 Å². The van der Waals surface area contributed by atoms with Crippen molar-refractivity contribution in [2.24, 2.45) is 0 Å². The summed E-state index contributed by atoms with van der Waals surface area (Å²) < 4.78 is 10.6. The van der Waals surface area contributed by atoms with E-state index in [1.807, 2.05) is 0 Å². The van der Waals surface area contributed by atoms with Gasteiger partial charge in [-0.05, 0) is 17.7 Å². The highest BCUT2D eigenvalue weighted by molar-refractivity contribution is 6.32. The average Bonchev–Trinajstić information content (AvgIpc) is 2.35. The minimum absolute atomic E-state index is 0.251. The lowest BCUT2D eigenvalue weighted by molar-refractivity contribution is -0.140. The summed E-state index contributed by atoms with van der Waals surface area (Å²) in [6.07, 6.45) is 0.323. The van der Waals surface area contributed by atoms with Gasteiger partial charge >= 0.3 is 5.97 Å². The molecule has 1 unspecified atom stereocenters. The first-order valence-electron chi connectivity index (χ1n) is 5.15. The molecule has 1 heterocycles. The van der Waals surface area contributed by atoms with Gasteiger partial charge in [-0.15, -0.1) is 0 Å². The zero-order valence-corrected chi connectivity index (χ0v) is 9.94. The summed E-state index contributed by atoms with van der Waals surface area (Å²) in [6, 6.07) is 1.76. The van der Waals surface area contributed by atoms with Gasteiger partial charge < -0.3 is 19.9 Å². The van der Waals surface area contributed by atoms with E-state index < -0.39 is 12.0 Å². The Morgan fingerprint density at radius 1 is 1.44 bits per heavy atom. The largest absolute Gasteiger partial charge is 0.486 e. The average molecular weight is 272 g/mol. The molecule has 2 rings (SSSR count). The fraction of sp³-hybridized carbons (Fsp3) is 0.273. The first-order valence-corrected chi connectivity index (χ1v) is 5.53. The Labute approximate surface area is 107 Å². The standard InChI is InChI=1S/C11H10ClNO5/c12-7-3-6(9(11(15)16)13-5-14)4-8-10(7)18-2-1-17-8/h3-5,9H,1-2H2,(H,13,14)(H,15,16). The monoisotopic (exact) mass is 271 g/mol. The molecule has 0 aliphatic carbocycles. The van der Waals surface area contributed by atoms with Gasteiger partial charge in [0.05, 0.1) is 5.02 Å². The molecule has 18 heavy (non-hydrogen) atoms. The molecule has 96 valence electrons. The van der Waals surface area contributed by atoms with Gasteiger partial charge in [-0.3, -0.25) is 4.79 Å². The molecule has 6 nitrogen and oxygen atoms in total. The molecule has 1 aromatic carbocycles. The second kappa shape index (κ2) is 5.14. The van der Waals surface area contributed by atoms with Crippen molar-refractivity contribution in [1.29, 1.82) is 0 Å². The molecule has 0 radical (unpaired) electrons. The molecule has 0 spiro atoms. The third-order valence-electron chi connectivity index (χ3n) is 2.43. The third-order valence-corrected chi connectivity index (χ3v) is 2.71. The molecular formula is C11H10ClNO5. The number of carboxylic acids is 1. The molecule has 2 N–H and O–H groups in total. The molecule has 0 saturated heterocycles. The number of hydrogen-bond donors (Lipinski definition) is 2. The van der Waals surface area contributed by atoms with Gasteiger partial charge in [-0.1, -0.05) is 11.6 Å². The van der Waals surface area contributed by atoms with Crippen molar-refractivity contribution >= 4 is 24.0 Å². The van der Waals surface area contributed by atoms with E-state index in [1.165, 1.54) is 12.1 Å².